The van der Waals surface area contributed by atoms with E-state index in [1.54, 1.807) is 31.1 Å². The first kappa shape index (κ1) is 42.1. The SMILES string of the molecule is N=C(N=C(N)N1CCN(C(N)=NC(=N)N2CCN(c3cc4c(cc3F)c(=O)c(C(=O)O)cn4C3CC3)CC2)CC1)N1CCN(c2cc3c(cc2F)c(=O)c(C(=O)O)cn3C2CC2)CC1. The van der Waals surface area contributed by atoms with Gasteiger partial charge in [0.25, 0.3) is 0 Å². The minimum atomic E-state index is -1.35. The quantitative estimate of drug-likeness (QED) is 0.119. The molecule has 5 heterocycles. The molecule has 22 heteroatoms. The summed E-state index contributed by atoms with van der Waals surface area (Å²) < 4.78 is 34.5. The van der Waals surface area contributed by atoms with Gasteiger partial charge in [0, 0.05) is 114 Å². The van der Waals surface area contributed by atoms with Crippen molar-refractivity contribution in [2.75, 3.05) is 88.3 Å². The lowest BCUT2D eigenvalue weighted by Crippen LogP contribution is -2.55. The summed E-state index contributed by atoms with van der Waals surface area (Å²) in [5.41, 5.74) is 12.1. The zero-order chi connectivity index (χ0) is 45.1. The molecule has 8 N–H and O–H groups in total. The fourth-order valence-corrected chi connectivity index (χ4v) is 8.80. The van der Waals surface area contributed by atoms with Crippen LogP contribution in [0.2, 0.25) is 0 Å². The zero-order valence-corrected chi connectivity index (χ0v) is 34.8. The number of guanidine groups is 4. The number of aromatic nitrogens is 2. The average molecular weight is 883 g/mol. The Balaban J connectivity index is 0.768. The van der Waals surface area contributed by atoms with Crippen molar-refractivity contribution < 1.29 is 28.6 Å². The number of hydrogen-bond acceptors (Lipinski definition) is 8. The normalized spacial score (nSPS) is 18.9. The molecule has 0 atom stereocenters. The van der Waals surface area contributed by atoms with Crippen LogP contribution in [-0.2, 0) is 0 Å². The first-order valence-corrected chi connectivity index (χ1v) is 21.2. The number of carboxylic acid groups (broad SMARTS) is 2. The molecule has 4 aromatic rings. The van der Waals surface area contributed by atoms with Gasteiger partial charge in [-0.05, 0) is 49.9 Å². The molecule has 0 amide bonds. The molecule has 0 bridgehead atoms. The number of carbonyl (C=O) groups is 2. The van der Waals surface area contributed by atoms with Crippen molar-refractivity contribution in [3.8, 4) is 0 Å². The molecule has 9 rings (SSSR count). The Kier molecular flexibility index (Phi) is 10.8. The topological polar surface area (TPSA) is 262 Å². The zero-order valence-electron chi connectivity index (χ0n) is 34.8. The van der Waals surface area contributed by atoms with E-state index in [4.69, 9.17) is 22.3 Å². The van der Waals surface area contributed by atoms with Crippen molar-refractivity contribution in [2.45, 2.75) is 37.8 Å². The second-order valence-corrected chi connectivity index (χ2v) is 16.8. The average Bonchev–Trinajstić information content (AvgIpc) is 4.23. The number of nitrogens with zero attached hydrogens (tertiary/aromatic N) is 10. The maximum Gasteiger partial charge on any atom is 0.341 e. The second-order valence-electron chi connectivity index (χ2n) is 16.8. The largest absolute Gasteiger partial charge is 0.477 e. The van der Waals surface area contributed by atoms with Gasteiger partial charge in [0.2, 0.25) is 22.8 Å². The van der Waals surface area contributed by atoms with Crippen molar-refractivity contribution in [3.63, 3.8) is 0 Å². The van der Waals surface area contributed by atoms with Gasteiger partial charge >= 0.3 is 11.9 Å². The summed E-state index contributed by atoms with van der Waals surface area (Å²) in [7, 11) is 0. The molecule has 3 saturated heterocycles. The number of anilines is 2. The highest BCUT2D eigenvalue weighted by atomic mass is 19.1. The summed E-state index contributed by atoms with van der Waals surface area (Å²) in [6.07, 6.45) is 6.08. The number of carboxylic acids is 2. The monoisotopic (exact) mass is 882 g/mol. The summed E-state index contributed by atoms with van der Waals surface area (Å²) in [6.45, 7) is 4.67. The van der Waals surface area contributed by atoms with Gasteiger partial charge in [-0.2, -0.15) is 9.98 Å². The Hall–Kier alpha value is -7.26. The van der Waals surface area contributed by atoms with E-state index in [9.17, 15) is 29.4 Å². The third kappa shape index (κ3) is 7.98. The van der Waals surface area contributed by atoms with Crippen LogP contribution in [0.25, 0.3) is 21.8 Å². The molecule has 2 saturated carbocycles. The summed E-state index contributed by atoms with van der Waals surface area (Å²) in [4.78, 5) is 68.8. The standard InChI is InChI=1S/C42H48F2N14O6/c43-29-17-25-31(57(23-1-2-23)21-27(35(25)59)37(61)62)19-33(29)51-5-9-53(10-6-51)39(45)49-41(47)55-13-15-56(16-14-55)42(48)50-40(46)54-11-7-52(8-12-54)34-20-32-26(18-30(34)44)36(60)28(38(63)64)22-58(32)24-3-4-24/h17-24H,1-16H2,(H,61,62)(H,63,64)(H3,45,47,49)(H3,46,48,50). The van der Waals surface area contributed by atoms with Crippen molar-refractivity contribution >= 4 is 69.0 Å². The Labute approximate surface area is 363 Å². The van der Waals surface area contributed by atoms with Crippen LogP contribution in [0.1, 0.15) is 58.5 Å². The lowest BCUT2D eigenvalue weighted by molar-refractivity contribution is 0.0684. The number of nitrogens with one attached hydrogen (secondary N) is 2. The van der Waals surface area contributed by atoms with E-state index in [1.165, 1.54) is 12.4 Å². The Morgan fingerprint density at radius 3 is 1.20 bits per heavy atom. The highest BCUT2D eigenvalue weighted by Crippen LogP contribution is 2.39. The van der Waals surface area contributed by atoms with E-state index in [0.717, 1.165) is 37.8 Å². The maximum atomic E-state index is 15.5. The summed E-state index contributed by atoms with van der Waals surface area (Å²) >= 11 is 0. The third-order valence-electron chi connectivity index (χ3n) is 12.8. The number of benzene rings is 2. The molecular weight excluding hydrogens is 835 g/mol. The van der Waals surface area contributed by atoms with Crippen LogP contribution in [0, 0.1) is 22.5 Å². The summed E-state index contributed by atoms with van der Waals surface area (Å²) in [5, 5.41) is 36.5. The fraction of sp³-hybridized carbons (Fsp3) is 0.429. The summed E-state index contributed by atoms with van der Waals surface area (Å²) in [6, 6.07) is 5.59. The van der Waals surface area contributed by atoms with Gasteiger partial charge in [0.1, 0.15) is 22.8 Å². The van der Waals surface area contributed by atoms with Gasteiger partial charge in [-0.3, -0.25) is 20.4 Å². The molecular formula is C42H48F2N14O6. The van der Waals surface area contributed by atoms with Gasteiger partial charge in [0.05, 0.1) is 22.4 Å². The molecule has 0 spiro atoms. The molecule has 2 aromatic heterocycles. The Morgan fingerprint density at radius 2 is 0.891 bits per heavy atom. The number of nitrogens with two attached hydrogens (primary N) is 2. The van der Waals surface area contributed by atoms with Crippen molar-refractivity contribution in [3.05, 3.63) is 79.9 Å². The van der Waals surface area contributed by atoms with E-state index in [0.29, 0.717) is 101 Å². The third-order valence-corrected chi connectivity index (χ3v) is 12.8. The highest BCUT2D eigenvalue weighted by molar-refractivity contribution is 5.96. The molecule has 3 aliphatic heterocycles. The number of fused-ring (bicyclic) bond motifs is 2. The second kappa shape index (κ2) is 16.5. The van der Waals surface area contributed by atoms with Crippen molar-refractivity contribution in [2.24, 2.45) is 21.5 Å². The van der Waals surface area contributed by atoms with Crippen LogP contribution in [-0.4, -0.2) is 153 Å². The van der Waals surface area contributed by atoms with Gasteiger partial charge in [-0.25, -0.2) is 18.4 Å². The molecule has 0 unspecified atom stereocenters. The van der Waals surface area contributed by atoms with E-state index in [-0.39, 0.29) is 57.8 Å². The van der Waals surface area contributed by atoms with E-state index in [1.807, 2.05) is 19.6 Å². The number of halogens is 2. The van der Waals surface area contributed by atoms with Crippen LogP contribution >= 0.6 is 0 Å². The molecule has 64 heavy (non-hydrogen) atoms. The predicted molar refractivity (Wildman–Crippen MR) is 236 cm³/mol. The first-order chi connectivity index (χ1) is 30.7. The Bertz CT molecular complexity index is 2610. The van der Waals surface area contributed by atoms with E-state index < -0.39 is 34.4 Å². The van der Waals surface area contributed by atoms with Crippen LogP contribution in [0.5, 0.6) is 0 Å². The van der Waals surface area contributed by atoms with Gasteiger partial charge < -0.3 is 60.2 Å². The number of aliphatic imine (C=N–C) groups is 2. The smallest absolute Gasteiger partial charge is 0.341 e. The van der Waals surface area contributed by atoms with Crippen LogP contribution in [0.3, 0.4) is 0 Å². The van der Waals surface area contributed by atoms with Crippen LogP contribution in [0.15, 0.2) is 56.2 Å². The van der Waals surface area contributed by atoms with Crippen LogP contribution in [0.4, 0.5) is 20.2 Å². The highest BCUT2D eigenvalue weighted by Gasteiger charge is 2.31. The lowest BCUT2D eigenvalue weighted by Gasteiger charge is -2.38. The molecule has 336 valence electrons. The van der Waals surface area contributed by atoms with Gasteiger partial charge in [0.15, 0.2) is 11.9 Å². The number of piperazine rings is 3. The number of pyridine rings is 2. The van der Waals surface area contributed by atoms with E-state index in [2.05, 4.69) is 9.98 Å². The Morgan fingerprint density at radius 1 is 0.562 bits per heavy atom. The molecule has 0 radical (unpaired) electrons. The molecule has 5 aliphatic rings. The maximum absolute atomic E-state index is 15.5. The molecule has 5 fully saturated rings. The summed E-state index contributed by atoms with van der Waals surface area (Å²) in [5.74, 6) is -3.69. The minimum Gasteiger partial charge on any atom is -0.477 e. The lowest BCUT2D eigenvalue weighted by atomic mass is 10.1. The van der Waals surface area contributed by atoms with Gasteiger partial charge in [-0.15, -0.1) is 0 Å². The fourth-order valence-electron chi connectivity index (χ4n) is 8.80. The van der Waals surface area contributed by atoms with Crippen molar-refractivity contribution in [1.29, 1.82) is 10.8 Å². The van der Waals surface area contributed by atoms with E-state index >= 15 is 8.78 Å². The minimum absolute atomic E-state index is 0.0312. The molecule has 2 aliphatic carbocycles. The van der Waals surface area contributed by atoms with Gasteiger partial charge in [-0.1, -0.05) is 0 Å². The first-order valence-electron chi connectivity index (χ1n) is 21.2. The number of hydrogen-bond donors (Lipinski definition) is 6. The number of rotatable bonds is 6. The predicted octanol–water partition coefficient (Wildman–Crippen LogP) is 1.72. The molecule has 2 aromatic carbocycles. The number of aromatic carboxylic acids is 2. The molecule has 20 nitrogen and oxygen atoms in total. The van der Waals surface area contributed by atoms with Crippen LogP contribution < -0.4 is 32.1 Å². The van der Waals surface area contributed by atoms with Crippen molar-refractivity contribution in [1.82, 2.24) is 28.7 Å².